The van der Waals surface area contributed by atoms with Crippen molar-refractivity contribution in [1.82, 2.24) is 5.32 Å². The Morgan fingerprint density at radius 3 is 2.53 bits per heavy atom. The summed E-state index contributed by atoms with van der Waals surface area (Å²) in [5.74, 6) is 0.816. The molecule has 2 unspecified atom stereocenters. The van der Waals surface area contributed by atoms with Crippen LogP contribution in [0.25, 0.3) is 0 Å². The zero-order valence-corrected chi connectivity index (χ0v) is 10.0. The van der Waals surface area contributed by atoms with E-state index in [4.69, 9.17) is 4.74 Å². The molecule has 0 bridgehead atoms. The second-order valence-corrected chi connectivity index (χ2v) is 5.33. The summed E-state index contributed by atoms with van der Waals surface area (Å²) >= 11 is 0. The van der Waals surface area contributed by atoms with Crippen molar-refractivity contribution >= 4 is 0 Å². The molecule has 0 aromatic heterocycles. The molecule has 0 aliphatic heterocycles. The van der Waals surface area contributed by atoms with E-state index in [2.05, 4.69) is 5.32 Å². The lowest BCUT2D eigenvalue weighted by Gasteiger charge is -2.26. The van der Waals surface area contributed by atoms with E-state index < -0.39 is 0 Å². The van der Waals surface area contributed by atoms with Crippen molar-refractivity contribution in [1.29, 1.82) is 0 Å². The first-order valence-electron chi connectivity index (χ1n) is 6.63. The molecular weight excluding hydrogens is 186 g/mol. The Morgan fingerprint density at radius 2 is 1.80 bits per heavy atom. The van der Waals surface area contributed by atoms with E-state index in [1.807, 2.05) is 7.11 Å². The monoisotopic (exact) mass is 211 g/mol. The molecule has 0 amide bonds. The molecule has 1 N–H and O–H groups in total. The third kappa shape index (κ3) is 3.46. The highest BCUT2D eigenvalue weighted by Crippen LogP contribution is 2.27. The van der Waals surface area contributed by atoms with Gasteiger partial charge in [-0.2, -0.15) is 0 Å². The van der Waals surface area contributed by atoms with Gasteiger partial charge in [-0.05, 0) is 38.0 Å². The zero-order chi connectivity index (χ0) is 10.5. The average Bonchev–Trinajstić information content (AvgIpc) is 2.68. The number of hydrogen-bond acceptors (Lipinski definition) is 2. The molecule has 2 fully saturated rings. The first-order valence-corrected chi connectivity index (χ1v) is 6.63. The molecule has 0 radical (unpaired) electrons. The van der Waals surface area contributed by atoms with Gasteiger partial charge >= 0.3 is 0 Å². The van der Waals surface area contributed by atoms with Gasteiger partial charge in [0.2, 0.25) is 0 Å². The largest absolute Gasteiger partial charge is 0.384 e. The van der Waals surface area contributed by atoms with E-state index in [-0.39, 0.29) is 0 Å². The van der Waals surface area contributed by atoms with Crippen LogP contribution in [0, 0.1) is 5.92 Å². The normalized spacial score (nSPS) is 33.4. The molecule has 2 atom stereocenters. The van der Waals surface area contributed by atoms with Gasteiger partial charge in [-0.15, -0.1) is 0 Å². The molecule has 0 aromatic rings. The lowest BCUT2D eigenvalue weighted by atomic mass is 9.94. The summed E-state index contributed by atoms with van der Waals surface area (Å²) in [4.78, 5) is 0. The Labute approximate surface area is 93.8 Å². The second-order valence-electron chi connectivity index (χ2n) is 5.33. The molecule has 2 saturated carbocycles. The molecule has 0 aromatic carbocycles. The van der Waals surface area contributed by atoms with Gasteiger partial charge in [0.05, 0.1) is 0 Å². The van der Waals surface area contributed by atoms with Crippen LogP contribution in [0.5, 0.6) is 0 Å². The number of ether oxygens (including phenoxy) is 1. The lowest BCUT2D eigenvalue weighted by Crippen LogP contribution is -2.38. The Bertz CT molecular complexity index is 177. The first kappa shape index (κ1) is 11.4. The minimum absolute atomic E-state index is 0.785. The van der Waals surface area contributed by atoms with Crippen LogP contribution >= 0.6 is 0 Å². The van der Waals surface area contributed by atoms with Gasteiger partial charge in [-0.3, -0.25) is 0 Å². The van der Waals surface area contributed by atoms with Crippen molar-refractivity contribution < 1.29 is 4.74 Å². The van der Waals surface area contributed by atoms with Crippen molar-refractivity contribution in [3.05, 3.63) is 0 Å². The molecule has 88 valence electrons. The fourth-order valence-corrected chi connectivity index (χ4v) is 3.22. The molecule has 15 heavy (non-hydrogen) atoms. The Balaban J connectivity index is 1.67. The summed E-state index contributed by atoms with van der Waals surface area (Å²) in [5, 5.41) is 3.85. The fraction of sp³-hybridized carbons (Fsp3) is 1.00. The maximum absolute atomic E-state index is 5.24. The highest BCUT2D eigenvalue weighted by Gasteiger charge is 2.26. The third-order valence-electron chi connectivity index (χ3n) is 4.02. The standard InChI is InChI=1S/C13H25NO/c1-15-10-11-7-8-13(9-11)14-12-5-3-2-4-6-12/h11-14H,2-10H2,1H3. The number of hydrogen-bond donors (Lipinski definition) is 1. The minimum atomic E-state index is 0.785. The summed E-state index contributed by atoms with van der Waals surface area (Å²) in [6.07, 6.45) is 11.2. The Kier molecular flexibility index (Phi) is 4.45. The Hall–Kier alpha value is -0.0800. The summed E-state index contributed by atoms with van der Waals surface area (Å²) in [6, 6.07) is 1.61. The molecule has 2 aliphatic carbocycles. The average molecular weight is 211 g/mol. The molecular formula is C13H25NO. The van der Waals surface area contributed by atoms with Gasteiger partial charge in [0.25, 0.3) is 0 Å². The summed E-state index contributed by atoms with van der Waals surface area (Å²) < 4.78 is 5.24. The Morgan fingerprint density at radius 1 is 1.00 bits per heavy atom. The van der Waals surface area contributed by atoms with Crippen LogP contribution in [0.2, 0.25) is 0 Å². The highest BCUT2D eigenvalue weighted by atomic mass is 16.5. The van der Waals surface area contributed by atoms with Crippen molar-refractivity contribution in [3.8, 4) is 0 Å². The van der Waals surface area contributed by atoms with Gasteiger partial charge in [-0.25, -0.2) is 0 Å². The highest BCUT2D eigenvalue weighted by molar-refractivity contribution is 4.84. The van der Waals surface area contributed by atoms with Crippen LogP contribution in [0.15, 0.2) is 0 Å². The summed E-state index contributed by atoms with van der Waals surface area (Å²) in [7, 11) is 1.82. The molecule has 0 spiro atoms. The van der Waals surface area contributed by atoms with Crippen molar-refractivity contribution in [2.75, 3.05) is 13.7 Å². The van der Waals surface area contributed by atoms with E-state index in [1.165, 1.54) is 51.4 Å². The fourth-order valence-electron chi connectivity index (χ4n) is 3.22. The summed E-state index contributed by atoms with van der Waals surface area (Å²) in [5.41, 5.74) is 0. The van der Waals surface area contributed by atoms with E-state index >= 15 is 0 Å². The smallest absolute Gasteiger partial charge is 0.0491 e. The molecule has 0 heterocycles. The molecule has 2 aliphatic rings. The van der Waals surface area contributed by atoms with Gasteiger partial charge in [0, 0.05) is 25.8 Å². The zero-order valence-electron chi connectivity index (χ0n) is 10.0. The predicted molar refractivity (Wildman–Crippen MR) is 63.0 cm³/mol. The maximum Gasteiger partial charge on any atom is 0.0491 e. The maximum atomic E-state index is 5.24. The van der Waals surface area contributed by atoms with Crippen molar-refractivity contribution in [2.24, 2.45) is 5.92 Å². The van der Waals surface area contributed by atoms with Crippen LogP contribution in [-0.4, -0.2) is 25.8 Å². The van der Waals surface area contributed by atoms with Gasteiger partial charge in [-0.1, -0.05) is 19.3 Å². The number of methoxy groups -OCH3 is 1. The number of nitrogens with one attached hydrogen (secondary N) is 1. The van der Waals surface area contributed by atoms with Gasteiger partial charge in [0.1, 0.15) is 0 Å². The van der Waals surface area contributed by atoms with Gasteiger partial charge < -0.3 is 10.1 Å². The van der Waals surface area contributed by atoms with Crippen molar-refractivity contribution in [2.45, 2.75) is 63.5 Å². The van der Waals surface area contributed by atoms with Gasteiger partial charge in [0.15, 0.2) is 0 Å². The van der Waals surface area contributed by atoms with E-state index in [0.29, 0.717) is 0 Å². The van der Waals surface area contributed by atoms with E-state index in [0.717, 1.165) is 24.6 Å². The van der Waals surface area contributed by atoms with Crippen LogP contribution in [0.3, 0.4) is 0 Å². The lowest BCUT2D eigenvalue weighted by molar-refractivity contribution is 0.153. The van der Waals surface area contributed by atoms with E-state index in [9.17, 15) is 0 Å². The van der Waals surface area contributed by atoms with Crippen LogP contribution in [-0.2, 0) is 4.74 Å². The predicted octanol–water partition coefficient (Wildman–Crippen LogP) is 2.72. The topological polar surface area (TPSA) is 21.3 Å². The van der Waals surface area contributed by atoms with Crippen LogP contribution in [0.4, 0.5) is 0 Å². The first-order chi connectivity index (χ1) is 7.38. The SMILES string of the molecule is COCC1CCC(NC2CCCCC2)C1. The molecule has 2 heteroatoms. The molecule has 2 nitrogen and oxygen atoms in total. The minimum Gasteiger partial charge on any atom is -0.384 e. The quantitative estimate of drug-likeness (QED) is 0.772. The second kappa shape index (κ2) is 5.86. The third-order valence-corrected chi connectivity index (χ3v) is 4.02. The van der Waals surface area contributed by atoms with Crippen LogP contribution in [0.1, 0.15) is 51.4 Å². The van der Waals surface area contributed by atoms with Crippen LogP contribution < -0.4 is 5.32 Å². The molecule has 0 saturated heterocycles. The summed E-state index contributed by atoms with van der Waals surface area (Å²) in [6.45, 7) is 0.961. The van der Waals surface area contributed by atoms with Crippen molar-refractivity contribution in [3.63, 3.8) is 0 Å². The number of rotatable bonds is 4. The van der Waals surface area contributed by atoms with E-state index in [1.54, 1.807) is 0 Å². The molecule has 2 rings (SSSR count).